The van der Waals surface area contributed by atoms with Crippen LogP contribution in [-0.2, 0) is 28.9 Å². The summed E-state index contributed by atoms with van der Waals surface area (Å²) < 4.78 is 37.0. The van der Waals surface area contributed by atoms with Crippen LogP contribution in [0.2, 0.25) is 0 Å². The highest BCUT2D eigenvalue weighted by Crippen LogP contribution is 2.33. The van der Waals surface area contributed by atoms with Crippen LogP contribution in [0.5, 0.6) is 5.75 Å². The summed E-state index contributed by atoms with van der Waals surface area (Å²) in [6.07, 6.45) is 4.22. The molecule has 1 aliphatic carbocycles. The van der Waals surface area contributed by atoms with E-state index >= 15 is 0 Å². The molecule has 9 heteroatoms. The molecule has 1 amide bonds. The number of aryl methyl sites for hydroxylation is 2. The number of carbonyl (C=O) groups excluding carboxylic acids is 1. The Balaban J connectivity index is 1.83. The summed E-state index contributed by atoms with van der Waals surface area (Å²) in [5, 5.41) is 0. The second kappa shape index (κ2) is 9.05. The van der Waals surface area contributed by atoms with Gasteiger partial charge in [0.1, 0.15) is 5.75 Å². The van der Waals surface area contributed by atoms with Gasteiger partial charge in [0.2, 0.25) is 5.91 Å². The second-order valence-corrected chi connectivity index (χ2v) is 10.2. The maximum absolute atomic E-state index is 13.9. The van der Waals surface area contributed by atoms with E-state index in [0.29, 0.717) is 36.2 Å². The number of sulfonamides is 1. The maximum atomic E-state index is 13.9. The van der Waals surface area contributed by atoms with E-state index < -0.39 is 15.9 Å². The molecule has 0 aliphatic heterocycles. The Morgan fingerprint density at radius 3 is 2.27 bits per heavy atom. The number of aromatic nitrogens is 2. The largest absolute Gasteiger partial charge is 0.494 e. The van der Waals surface area contributed by atoms with Crippen LogP contribution in [0.1, 0.15) is 39.0 Å². The van der Waals surface area contributed by atoms with Crippen LogP contribution in [0.3, 0.4) is 0 Å². The molecule has 0 atom stereocenters. The summed E-state index contributed by atoms with van der Waals surface area (Å²) in [4.78, 5) is 25.8. The van der Waals surface area contributed by atoms with Gasteiger partial charge in [-0.25, -0.2) is 17.5 Å². The Morgan fingerprint density at radius 2 is 1.64 bits per heavy atom. The smallest absolute Gasteiger partial charge is 0.328 e. The Morgan fingerprint density at radius 1 is 1.00 bits per heavy atom. The van der Waals surface area contributed by atoms with Crippen LogP contribution in [0, 0.1) is 5.92 Å². The molecular formula is C24H29N3O5S. The van der Waals surface area contributed by atoms with Crippen molar-refractivity contribution in [1.29, 1.82) is 0 Å². The van der Waals surface area contributed by atoms with Gasteiger partial charge in [-0.2, -0.15) is 0 Å². The Kier molecular flexibility index (Phi) is 6.34. The van der Waals surface area contributed by atoms with Crippen LogP contribution in [-0.4, -0.2) is 30.1 Å². The highest BCUT2D eigenvalue weighted by Gasteiger charge is 2.36. The van der Waals surface area contributed by atoms with Crippen LogP contribution in [0.25, 0.3) is 11.0 Å². The fraction of sp³-hybridized carbons (Fsp3) is 0.417. The monoisotopic (exact) mass is 471 g/mol. The quantitative estimate of drug-likeness (QED) is 0.548. The van der Waals surface area contributed by atoms with E-state index in [9.17, 15) is 18.0 Å². The average molecular weight is 472 g/mol. The van der Waals surface area contributed by atoms with E-state index in [1.54, 1.807) is 44.4 Å². The Labute approximate surface area is 193 Å². The molecule has 0 spiro atoms. The van der Waals surface area contributed by atoms with Crippen molar-refractivity contribution in [3.8, 4) is 5.75 Å². The van der Waals surface area contributed by atoms with Gasteiger partial charge in [0.15, 0.2) is 0 Å². The van der Waals surface area contributed by atoms with Gasteiger partial charge in [0, 0.05) is 20.0 Å². The lowest BCUT2D eigenvalue weighted by Crippen LogP contribution is -2.41. The number of benzene rings is 2. The Hall–Kier alpha value is -3.07. The highest BCUT2D eigenvalue weighted by molar-refractivity contribution is 7.93. The number of anilines is 1. The zero-order valence-corrected chi connectivity index (χ0v) is 20.0. The van der Waals surface area contributed by atoms with Gasteiger partial charge in [0.25, 0.3) is 10.0 Å². The predicted octanol–water partition coefficient (Wildman–Crippen LogP) is 3.58. The summed E-state index contributed by atoms with van der Waals surface area (Å²) in [6.45, 7) is 2.35. The molecule has 3 aromatic rings. The second-order valence-electron chi connectivity index (χ2n) is 8.42. The molecule has 2 aromatic carbocycles. The molecule has 0 N–H and O–H groups in total. The van der Waals surface area contributed by atoms with E-state index in [1.165, 1.54) is 21.3 Å². The first-order valence-electron chi connectivity index (χ1n) is 11.2. The first-order chi connectivity index (χ1) is 15.8. The van der Waals surface area contributed by atoms with Crippen LogP contribution in [0.4, 0.5) is 5.69 Å². The number of nitrogens with zero attached hydrogens (tertiary/aromatic N) is 3. The topological polar surface area (TPSA) is 90.6 Å². The van der Waals surface area contributed by atoms with E-state index in [4.69, 9.17) is 4.74 Å². The molecule has 4 rings (SSSR count). The van der Waals surface area contributed by atoms with Crippen molar-refractivity contribution in [3.05, 3.63) is 52.9 Å². The molecule has 1 aliphatic rings. The fourth-order valence-electron chi connectivity index (χ4n) is 4.50. The lowest BCUT2D eigenvalue weighted by atomic mass is 9.88. The van der Waals surface area contributed by atoms with Crippen molar-refractivity contribution < 1.29 is 17.9 Å². The number of hydrogen-bond acceptors (Lipinski definition) is 5. The average Bonchev–Trinajstić information content (AvgIpc) is 3.04. The maximum Gasteiger partial charge on any atom is 0.328 e. The summed E-state index contributed by atoms with van der Waals surface area (Å²) in [5.74, 6) is -0.157. The molecule has 0 unspecified atom stereocenters. The number of fused-ring (bicyclic) bond motifs is 1. The first kappa shape index (κ1) is 23.1. The van der Waals surface area contributed by atoms with Gasteiger partial charge < -0.3 is 4.74 Å². The molecule has 8 nitrogen and oxygen atoms in total. The normalized spacial score (nSPS) is 15.0. The van der Waals surface area contributed by atoms with Crippen molar-refractivity contribution in [1.82, 2.24) is 9.13 Å². The lowest BCUT2D eigenvalue weighted by molar-refractivity contribution is -0.122. The molecule has 1 aromatic heterocycles. The van der Waals surface area contributed by atoms with Gasteiger partial charge in [-0.1, -0.05) is 19.3 Å². The predicted molar refractivity (Wildman–Crippen MR) is 127 cm³/mol. The minimum Gasteiger partial charge on any atom is -0.494 e. The molecule has 0 bridgehead atoms. The summed E-state index contributed by atoms with van der Waals surface area (Å²) >= 11 is 0. The minimum atomic E-state index is -4.22. The number of hydrogen-bond donors (Lipinski definition) is 0. The molecular weight excluding hydrogens is 442 g/mol. The molecule has 176 valence electrons. The standard InChI is InChI=1S/C24H29N3O5S/c1-4-32-19-12-10-18(11-13-19)27(23(28)17-8-6-5-7-9-17)33(30,31)20-14-15-21-22(16-20)26(3)24(29)25(21)2/h10-17H,4-9H2,1-3H3. The van der Waals surface area contributed by atoms with Crippen molar-refractivity contribution in [3.63, 3.8) is 0 Å². The zero-order valence-electron chi connectivity index (χ0n) is 19.2. The van der Waals surface area contributed by atoms with Crippen molar-refractivity contribution in [2.75, 3.05) is 10.9 Å². The number of carbonyl (C=O) groups is 1. The van der Waals surface area contributed by atoms with Crippen LogP contribution >= 0.6 is 0 Å². The minimum absolute atomic E-state index is 0.0331. The van der Waals surface area contributed by atoms with Gasteiger partial charge in [-0.15, -0.1) is 0 Å². The van der Waals surface area contributed by atoms with Crippen molar-refractivity contribution >= 4 is 32.7 Å². The summed E-state index contributed by atoms with van der Waals surface area (Å²) in [5.41, 5.74) is 1.13. The molecule has 33 heavy (non-hydrogen) atoms. The number of ether oxygens (including phenoxy) is 1. The van der Waals surface area contributed by atoms with Gasteiger partial charge >= 0.3 is 5.69 Å². The number of amides is 1. The van der Waals surface area contributed by atoms with Crippen molar-refractivity contribution in [2.24, 2.45) is 20.0 Å². The van der Waals surface area contributed by atoms with Gasteiger partial charge in [0.05, 0.1) is 28.2 Å². The third-order valence-corrected chi connectivity index (χ3v) is 8.04. The van der Waals surface area contributed by atoms with E-state index in [-0.39, 0.29) is 22.2 Å². The van der Waals surface area contributed by atoms with Crippen LogP contribution in [0.15, 0.2) is 52.2 Å². The van der Waals surface area contributed by atoms with Crippen LogP contribution < -0.4 is 14.7 Å². The molecule has 1 saturated carbocycles. The number of imidazole rings is 1. The molecule has 0 radical (unpaired) electrons. The van der Waals surface area contributed by atoms with E-state index in [2.05, 4.69) is 0 Å². The Bertz CT molecular complexity index is 1330. The number of rotatable bonds is 6. The third kappa shape index (κ3) is 4.17. The lowest BCUT2D eigenvalue weighted by Gasteiger charge is -2.29. The molecule has 1 fully saturated rings. The van der Waals surface area contributed by atoms with E-state index in [0.717, 1.165) is 23.6 Å². The first-order valence-corrected chi connectivity index (χ1v) is 12.7. The highest BCUT2D eigenvalue weighted by atomic mass is 32.2. The fourth-order valence-corrected chi connectivity index (χ4v) is 5.99. The van der Waals surface area contributed by atoms with Crippen molar-refractivity contribution in [2.45, 2.75) is 43.9 Å². The molecule has 1 heterocycles. The third-order valence-electron chi connectivity index (χ3n) is 6.32. The van der Waals surface area contributed by atoms with Gasteiger partial charge in [-0.3, -0.25) is 13.9 Å². The van der Waals surface area contributed by atoms with E-state index in [1.807, 2.05) is 6.92 Å². The van der Waals surface area contributed by atoms with Gasteiger partial charge in [-0.05, 0) is 62.2 Å². The molecule has 0 saturated heterocycles. The SMILES string of the molecule is CCOc1ccc(N(C(=O)C2CCCCC2)S(=O)(=O)c2ccc3c(c2)n(C)c(=O)n3C)cc1. The zero-order chi connectivity index (χ0) is 23.8. The summed E-state index contributed by atoms with van der Waals surface area (Å²) in [7, 11) is -0.989. The summed E-state index contributed by atoms with van der Waals surface area (Å²) in [6, 6.07) is 11.0.